The Morgan fingerprint density at radius 2 is 2.00 bits per heavy atom. The number of carbonyl (C=O) groups excluding carboxylic acids is 1. The molecule has 108 valence electrons. The fraction of sp³-hybridized carbons (Fsp3) is 0.833. The molecule has 2 fully saturated rings. The molecule has 1 amide bonds. The summed E-state index contributed by atoms with van der Waals surface area (Å²) in [6.07, 6.45) is 1.88. The molecule has 2 aliphatic rings. The molecule has 1 heterocycles. The van der Waals surface area contributed by atoms with E-state index >= 15 is 0 Å². The molecule has 1 saturated heterocycles. The summed E-state index contributed by atoms with van der Waals surface area (Å²) in [6.45, 7) is 4.53. The first-order valence-electron chi connectivity index (χ1n) is 6.40. The summed E-state index contributed by atoms with van der Waals surface area (Å²) in [6, 6.07) is 0. The van der Waals surface area contributed by atoms with E-state index < -0.39 is 32.2 Å². The van der Waals surface area contributed by atoms with E-state index in [-0.39, 0.29) is 18.8 Å². The van der Waals surface area contributed by atoms with E-state index in [0.717, 1.165) is 6.42 Å². The number of carboxylic acid groups (broad SMARTS) is 1. The van der Waals surface area contributed by atoms with E-state index in [9.17, 15) is 23.1 Å². The molecule has 1 saturated carbocycles. The van der Waals surface area contributed by atoms with E-state index in [4.69, 9.17) is 0 Å². The molecular weight excluding hydrogens is 270 g/mol. The van der Waals surface area contributed by atoms with Gasteiger partial charge in [0.15, 0.2) is 10.3 Å². The third-order valence-electron chi connectivity index (χ3n) is 4.35. The zero-order valence-electron chi connectivity index (χ0n) is 11.3. The zero-order valence-corrected chi connectivity index (χ0v) is 12.2. The SMILES string of the molecule is CC1CCCC(C(=O)O)(N2C(=O)C(C)(C)S2(=O)=O)C1. The summed E-state index contributed by atoms with van der Waals surface area (Å²) in [4.78, 5) is 23.7. The largest absolute Gasteiger partial charge is 0.479 e. The van der Waals surface area contributed by atoms with Crippen LogP contribution in [0, 0.1) is 5.92 Å². The van der Waals surface area contributed by atoms with Crippen molar-refractivity contribution in [2.24, 2.45) is 5.92 Å². The third-order valence-corrected chi connectivity index (χ3v) is 6.81. The Labute approximate surface area is 112 Å². The predicted molar refractivity (Wildman–Crippen MR) is 67.8 cm³/mol. The summed E-state index contributed by atoms with van der Waals surface area (Å²) < 4.78 is 23.6. The third kappa shape index (κ3) is 1.63. The molecule has 0 spiro atoms. The molecular formula is C12H19NO5S. The van der Waals surface area contributed by atoms with Crippen LogP contribution in [0.1, 0.15) is 46.5 Å². The van der Waals surface area contributed by atoms with E-state index in [1.165, 1.54) is 13.8 Å². The number of carboxylic acids is 1. The second kappa shape index (κ2) is 3.94. The molecule has 2 unspecified atom stereocenters. The average molecular weight is 289 g/mol. The summed E-state index contributed by atoms with van der Waals surface area (Å²) in [5.41, 5.74) is -1.58. The fourth-order valence-corrected chi connectivity index (χ4v) is 4.85. The van der Waals surface area contributed by atoms with E-state index in [1.807, 2.05) is 6.92 Å². The van der Waals surface area contributed by atoms with Crippen LogP contribution in [0.5, 0.6) is 0 Å². The molecule has 1 aliphatic heterocycles. The molecule has 6 nitrogen and oxygen atoms in total. The van der Waals surface area contributed by atoms with E-state index in [2.05, 4.69) is 0 Å². The molecule has 0 bridgehead atoms. The lowest BCUT2D eigenvalue weighted by atomic mass is 9.76. The standard InChI is InChI=1S/C12H19NO5S/c1-8-5-4-6-12(7-8,10(15)16)13-9(14)11(2,3)19(13,17)18/h8H,4-7H2,1-3H3,(H,15,16). The molecule has 0 aromatic rings. The zero-order chi connectivity index (χ0) is 14.6. The van der Waals surface area contributed by atoms with Gasteiger partial charge in [-0.25, -0.2) is 17.5 Å². The number of hydrogen-bond acceptors (Lipinski definition) is 4. The van der Waals surface area contributed by atoms with Gasteiger partial charge in [-0.15, -0.1) is 0 Å². The van der Waals surface area contributed by atoms with Gasteiger partial charge in [0.2, 0.25) is 0 Å². The molecule has 0 aromatic carbocycles. The number of amides is 1. The minimum absolute atomic E-state index is 0.0940. The molecule has 1 N–H and O–H groups in total. The Kier molecular flexibility index (Phi) is 2.97. The summed E-state index contributed by atoms with van der Waals surface area (Å²) in [5, 5.41) is 9.50. The summed E-state index contributed by atoms with van der Waals surface area (Å²) >= 11 is 0. The van der Waals surface area contributed by atoms with Gasteiger partial charge in [0.05, 0.1) is 0 Å². The fourth-order valence-electron chi connectivity index (χ4n) is 3.07. The highest BCUT2D eigenvalue weighted by Crippen LogP contribution is 2.47. The van der Waals surface area contributed by atoms with Crippen molar-refractivity contribution < 1.29 is 23.1 Å². The van der Waals surface area contributed by atoms with Gasteiger partial charge in [-0.1, -0.05) is 19.8 Å². The Balaban J connectivity index is 2.48. The van der Waals surface area contributed by atoms with Crippen LogP contribution in [0.25, 0.3) is 0 Å². The van der Waals surface area contributed by atoms with E-state index in [1.54, 1.807) is 0 Å². The van der Waals surface area contributed by atoms with Crippen LogP contribution < -0.4 is 0 Å². The van der Waals surface area contributed by atoms with Crippen molar-refractivity contribution in [2.75, 3.05) is 0 Å². The maximum absolute atomic E-state index is 12.2. The van der Waals surface area contributed by atoms with Crippen molar-refractivity contribution in [3.8, 4) is 0 Å². The number of aliphatic carboxylic acids is 1. The van der Waals surface area contributed by atoms with Gasteiger partial charge in [0, 0.05) is 0 Å². The van der Waals surface area contributed by atoms with E-state index in [0.29, 0.717) is 10.7 Å². The topological polar surface area (TPSA) is 91.8 Å². The van der Waals surface area contributed by atoms with Crippen LogP contribution in [-0.4, -0.2) is 40.0 Å². The molecule has 1 aliphatic carbocycles. The highest BCUT2D eigenvalue weighted by atomic mass is 32.2. The van der Waals surface area contributed by atoms with Crippen LogP contribution in [0.15, 0.2) is 0 Å². The molecule has 19 heavy (non-hydrogen) atoms. The second-order valence-electron chi connectivity index (χ2n) is 6.12. The number of sulfonamides is 1. The Morgan fingerprint density at radius 3 is 2.42 bits per heavy atom. The maximum Gasteiger partial charge on any atom is 0.330 e. The van der Waals surface area contributed by atoms with Gasteiger partial charge >= 0.3 is 5.97 Å². The minimum Gasteiger partial charge on any atom is -0.479 e. The smallest absolute Gasteiger partial charge is 0.330 e. The van der Waals surface area contributed by atoms with Crippen LogP contribution in [0.4, 0.5) is 0 Å². The normalized spacial score (nSPS) is 36.7. The Hall–Kier alpha value is -1.11. The van der Waals surface area contributed by atoms with Crippen molar-refractivity contribution >= 4 is 21.9 Å². The number of nitrogens with zero attached hydrogens (tertiary/aromatic N) is 1. The molecule has 2 rings (SSSR count). The first-order valence-corrected chi connectivity index (χ1v) is 7.84. The van der Waals surface area contributed by atoms with Crippen molar-refractivity contribution in [3.63, 3.8) is 0 Å². The first kappa shape index (κ1) is 14.3. The monoisotopic (exact) mass is 289 g/mol. The van der Waals surface area contributed by atoms with Crippen LogP contribution in [-0.2, 0) is 19.6 Å². The highest BCUT2D eigenvalue weighted by molar-refractivity contribution is 7.94. The van der Waals surface area contributed by atoms with Crippen LogP contribution >= 0.6 is 0 Å². The number of rotatable bonds is 2. The van der Waals surface area contributed by atoms with Crippen molar-refractivity contribution in [2.45, 2.75) is 56.7 Å². The van der Waals surface area contributed by atoms with Gasteiger partial charge in [0.25, 0.3) is 15.9 Å². The second-order valence-corrected chi connectivity index (χ2v) is 8.46. The van der Waals surface area contributed by atoms with Gasteiger partial charge in [0.1, 0.15) is 0 Å². The van der Waals surface area contributed by atoms with Gasteiger partial charge < -0.3 is 5.11 Å². The van der Waals surface area contributed by atoms with Gasteiger partial charge in [-0.05, 0) is 32.6 Å². The summed E-state index contributed by atoms with van der Waals surface area (Å²) in [7, 11) is -3.87. The molecule has 0 radical (unpaired) electrons. The molecule has 2 atom stereocenters. The first-order chi connectivity index (χ1) is 8.57. The van der Waals surface area contributed by atoms with Crippen LogP contribution in [0.2, 0.25) is 0 Å². The lowest BCUT2D eigenvalue weighted by Crippen LogP contribution is -2.76. The van der Waals surface area contributed by atoms with Gasteiger partial charge in [-0.2, -0.15) is 0 Å². The maximum atomic E-state index is 12.2. The molecule has 7 heteroatoms. The predicted octanol–water partition coefficient (Wildman–Crippen LogP) is 0.970. The van der Waals surface area contributed by atoms with Crippen molar-refractivity contribution in [1.82, 2.24) is 4.31 Å². The van der Waals surface area contributed by atoms with Gasteiger partial charge in [-0.3, -0.25) is 4.79 Å². The average Bonchev–Trinajstić information content (AvgIpc) is 2.28. The Morgan fingerprint density at radius 1 is 1.42 bits per heavy atom. The number of hydrogen-bond donors (Lipinski definition) is 1. The number of carbonyl (C=O) groups is 2. The summed E-state index contributed by atoms with van der Waals surface area (Å²) in [5.74, 6) is -1.73. The quantitative estimate of drug-likeness (QED) is 0.817. The van der Waals surface area contributed by atoms with Crippen molar-refractivity contribution in [1.29, 1.82) is 0 Å². The Bertz CT molecular complexity index is 538. The lowest BCUT2D eigenvalue weighted by molar-refractivity contribution is -0.160. The lowest BCUT2D eigenvalue weighted by Gasteiger charge is -2.53. The van der Waals surface area contributed by atoms with Crippen LogP contribution in [0.3, 0.4) is 0 Å². The van der Waals surface area contributed by atoms with Crippen molar-refractivity contribution in [3.05, 3.63) is 0 Å². The minimum atomic E-state index is -3.87. The molecule has 0 aromatic heterocycles. The highest BCUT2D eigenvalue weighted by Gasteiger charge is 2.69.